The SMILES string of the molecule is CC(C)(C)OC(=S)N[C@@H]1CS(=O)(=O)C[C@@H]1Cl. The number of hydrogen-bond acceptors (Lipinski definition) is 4. The van der Waals surface area contributed by atoms with E-state index in [1.807, 2.05) is 20.8 Å². The zero-order valence-corrected chi connectivity index (χ0v) is 11.9. The average Bonchev–Trinajstić information content (AvgIpc) is 2.19. The molecule has 2 atom stereocenters. The Balaban J connectivity index is 2.53. The van der Waals surface area contributed by atoms with Crippen molar-refractivity contribution in [1.82, 2.24) is 5.32 Å². The van der Waals surface area contributed by atoms with Crippen LogP contribution in [0.15, 0.2) is 0 Å². The smallest absolute Gasteiger partial charge is 0.257 e. The number of rotatable bonds is 1. The summed E-state index contributed by atoms with van der Waals surface area (Å²) >= 11 is 10.9. The van der Waals surface area contributed by atoms with Crippen LogP contribution < -0.4 is 5.32 Å². The first-order valence-corrected chi connectivity index (χ1v) is 7.60. The van der Waals surface area contributed by atoms with E-state index >= 15 is 0 Å². The standard InChI is InChI=1S/C9H16ClNO3S2/c1-9(2,3)14-8(15)11-7-5-16(12,13)4-6(7)10/h6-7H,4-5H2,1-3H3,(H,11,15)/t6-,7+/m0/s1. The first kappa shape index (κ1) is 14.0. The summed E-state index contributed by atoms with van der Waals surface area (Å²) in [7, 11) is -3.04. The van der Waals surface area contributed by atoms with Crippen molar-refractivity contribution in [1.29, 1.82) is 0 Å². The van der Waals surface area contributed by atoms with Gasteiger partial charge in [0.15, 0.2) is 9.84 Å². The minimum atomic E-state index is -3.04. The van der Waals surface area contributed by atoms with Crippen molar-refractivity contribution in [3.05, 3.63) is 0 Å². The number of hydrogen-bond donors (Lipinski definition) is 1. The summed E-state index contributed by atoms with van der Waals surface area (Å²) < 4.78 is 28.0. The van der Waals surface area contributed by atoms with Gasteiger partial charge in [0.05, 0.1) is 22.9 Å². The molecule has 7 heteroatoms. The first-order valence-electron chi connectivity index (χ1n) is 4.93. The lowest BCUT2D eigenvalue weighted by Gasteiger charge is -2.24. The molecular formula is C9H16ClNO3S2. The Morgan fingerprint density at radius 1 is 1.44 bits per heavy atom. The van der Waals surface area contributed by atoms with Gasteiger partial charge in [-0.15, -0.1) is 11.6 Å². The van der Waals surface area contributed by atoms with Gasteiger partial charge in [-0.1, -0.05) is 0 Å². The van der Waals surface area contributed by atoms with Crippen LogP contribution in [0.1, 0.15) is 20.8 Å². The van der Waals surface area contributed by atoms with Crippen LogP contribution in [0, 0.1) is 0 Å². The predicted molar refractivity (Wildman–Crippen MR) is 68.7 cm³/mol. The van der Waals surface area contributed by atoms with E-state index in [1.165, 1.54) is 0 Å². The summed E-state index contributed by atoms with van der Waals surface area (Å²) in [6.45, 7) is 5.60. The lowest BCUT2D eigenvalue weighted by atomic mass is 10.2. The quantitative estimate of drug-likeness (QED) is 0.577. The third-order valence-electron chi connectivity index (χ3n) is 1.99. The van der Waals surface area contributed by atoms with Crippen LogP contribution in [0.4, 0.5) is 0 Å². The highest BCUT2D eigenvalue weighted by Gasteiger charge is 2.37. The number of sulfone groups is 1. The molecule has 4 nitrogen and oxygen atoms in total. The van der Waals surface area contributed by atoms with E-state index in [0.29, 0.717) is 0 Å². The van der Waals surface area contributed by atoms with Crippen LogP contribution in [-0.4, -0.2) is 42.1 Å². The Labute approximate surface area is 107 Å². The maximum atomic E-state index is 11.3. The fourth-order valence-corrected chi connectivity index (χ4v) is 4.35. The molecule has 0 unspecified atom stereocenters. The van der Waals surface area contributed by atoms with E-state index in [2.05, 4.69) is 5.32 Å². The second-order valence-electron chi connectivity index (χ2n) is 4.85. The molecule has 0 aromatic carbocycles. The van der Waals surface area contributed by atoms with Crippen molar-refractivity contribution >= 4 is 38.8 Å². The van der Waals surface area contributed by atoms with Crippen molar-refractivity contribution in [2.75, 3.05) is 11.5 Å². The highest BCUT2D eigenvalue weighted by molar-refractivity contribution is 7.91. The van der Waals surface area contributed by atoms with E-state index in [9.17, 15) is 8.42 Å². The third-order valence-corrected chi connectivity index (χ3v) is 4.56. The number of ether oxygens (including phenoxy) is 1. The molecule has 1 N–H and O–H groups in total. The molecule has 0 bridgehead atoms. The number of thiocarbonyl (C=S) groups is 1. The van der Waals surface area contributed by atoms with Crippen LogP contribution in [0.25, 0.3) is 0 Å². The fraction of sp³-hybridized carbons (Fsp3) is 0.889. The molecule has 0 aromatic rings. The third kappa shape index (κ3) is 4.43. The summed E-state index contributed by atoms with van der Waals surface area (Å²) in [6.07, 6.45) is 0. The fourth-order valence-electron chi connectivity index (χ4n) is 1.40. The van der Waals surface area contributed by atoms with Gasteiger partial charge in [-0.25, -0.2) is 8.42 Å². The van der Waals surface area contributed by atoms with Crippen LogP contribution in [0.5, 0.6) is 0 Å². The molecule has 0 aromatic heterocycles. The molecule has 0 amide bonds. The molecule has 94 valence electrons. The summed E-state index contributed by atoms with van der Waals surface area (Å²) in [5, 5.41) is 2.58. The molecule has 0 aliphatic carbocycles. The molecule has 0 saturated carbocycles. The van der Waals surface area contributed by atoms with Crippen molar-refractivity contribution in [2.24, 2.45) is 0 Å². The van der Waals surface area contributed by atoms with Crippen molar-refractivity contribution in [3.63, 3.8) is 0 Å². The second-order valence-corrected chi connectivity index (χ2v) is 7.93. The lowest BCUT2D eigenvalue weighted by Crippen LogP contribution is -2.43. The first-order chi connectivity index (χ1) is 7.09. The molecule has 1 fully saturated rings. The molecule has 1 aliphatic heterocycles. The summed E-state index contributed by atoms with van der Waals surface area (Å²) in [4.78, 5) is 0. The van der Waals surface area contributed by atoms with Crippen molar-refractivity contribution in [2.45, 2.75) is 37.8 Å². The maximum absolute atomic E-state index is 11.3. The number of nitrogens with one attached hydrogen (secondary N) is 1. The Bertz CT molecular complexity index is 375. The Kier molecular flexibility index (Phi) is 4.08. The Morgan fingerprint density at radius 3 is 2.38 bits per heavy atom. The summed E-state index contributed by atoms with van der Waals surface area (Å²) in [5.74, 6) is -0.000830. The van der Waals surface area contributed by atoms with E-state index in [-0.39, 0.29) is 22.7 Å². The van der Waals surface area contributed by atoms with Crippen LogP contribution in [0.3, 0.4) is 0 Å². The van der Waals surface area contributed by atoms with Gasteiger partial charge in [-0.2, -0.15) is 0 Å². The second kappa shape index (κ2) is 4.66. The van der Waals surface area contributed by atoms with E-state index in [0.717, 1.165) is 0 Å². The molecule has 16 heavy (non-hydrogen) atoms. The highest BCUT2D eigenvalue weighted by atomic mass is 35.5. The Morgan fingerprint density at radius 2 is 2.00 bits per heavy atom. The number of alkyl halides is 1. The van der Waals surface area contributed by atoms with Crippen molar-refractivity contribution < 1.29 is 13.2 Å². The zero-order chi connectivity index (χ0) is 12.6. The molecule has 0 radical (unpaired) electrons. The van der Waals surface area contributed by atoms with Gasteiger partial charge in [-0.05, 0) is 33.0 Å². The van der Waals surface area contributed by atoms with E-state index in [4.69, 9.17) is 28.6 Å². The van der Waals surface area contributed by atoms with Crippen LogP contribution >= 0.6 is 23.8 Å². The van der Waals surface area contributed by atoms with Gasteiger partial charge < -0.3 is 10.1 Å². The van der Waals surface area contributed by atoms with Gasteiger partial charge in [0.25, 0.3) is 5.17 Å². The summed E-state index contributed by atoms with van der Waals surface area (Å²) in [5.41, 5.74) is -0.399. The molecular weight excluding hydrogens is 270 g/mol. The molecule has 1 saturated heterocycles. The maximum Gasteiger partial charge on any atom is 0.257 e. The average molecular weight is 286 g/mol. The van der Waals surface area contributed by atoms with Gasteiger partial charge in [0.1, 0.15) is 5.60 Å². The predicted octanol–water partition coefficient (Wildman–Crippen LogP) is 1.08. The lowest BCUT2D eigenvalue weighted by molar-refractivity contribution is 0.113. The van der Waals surface area contributed by atoms with Crippen LogP contribution in [0.2, 0.25) is 0 Å². The largest absolute Gasteiger partial charge is 0.465 e. The van der Waals surface area contributed by atoms with E-state index in [1.54, 1.807) is 0 Å². The van der Waals surface area contributed by atoms with Gasteiger partial charge in [0, 0.05) is 0 Å². The minimum Gasteiger partial charge on any atom is -0.465 e. The normalized spacial score (nSPS) is 28.8. The zero-order valence-electron chi connectivity index (χ0n) is 9.49. The topological polar surface area (TPSA) is 55.4 Å². The van der Waals surface area contributed by atoms with Gasteiger partial charge in [0.2, 0.25) is 0 Å². The van der Waals surface area contributed by atoms with Gasteiger partial charge >= 0.3 is 0 Å². The van der Waals surface area contributed by atoms with E-state index < -0.39 is 20.8 Å². The van der Waals surface area contributed by atoms with Crippen LogP contribution in [-0.2, 0) is 14.6 Å². The monoisotopic (exact) mass is 285 g/mol. The minimum absolute atomic E-state index is 0.00874. The van der Waals surface area contributed by atoms with Gasteiger partial charge in [-0.3, -0.25) is 0 Å². The summed E-state index contributed by atoms with van der Waals surface area (Å²) in [6, 6.07) is -0.360. The molecule has 0 spiro atoms. The number of halogens is 1. The molecule has 1 aliphatic rings. The van der Waals surface area contributed by atoms with Crippen molar-refractivity contribution in [3.8, 4) is 0 Å². The molecule has 1 heterocycles. The highest BCUT2D eigenvalue weighted by Crippen LogP contribution is 2.18. The molecule has 1 rings (SSSR count). The Hall–Kier alpha value is -0.0700.